The molecule has 126 valence electrons. The second-order valence-electron chi connectivity index (χ2n) is 6.75. The van der Waals surface area contributed by atoms with Gasteiger partial charge in [0.25, 0.3) is 0 Å². The lowest BCUT2D eigenvalue weighted by Gasteiger charge is -2.20. The highest BCUT2D eigenvalue weighted by molar-refractivity contribution is 5.88. The Balaban J connectivity index is 2.44. The van der Waals surface area contributed by atoms with Gasteiger partial charge in [-0.15, -0.1) is 0 Å². The minimum atomic E-state index is -0.557. The van der Waals surface area contributed by atoms with Gasteiger partial charge in [-0.2, -0.15) is 0 Å². The molecule has 23 heavy (non-hydrogen) atoms. The number of fused-ring (bicyclic) bond motifs is 1. The molecule has 2 heterocycles. The van der Waals surface area contributed by atoms with Crippen molar-refractivity contribution < 1.29 is 9.53 Å². The van der Waals surface area contributed by atoms with Crippen molar-refractivity contribution in [2.24, 2.45) is 0 Å². The molecule has 0 aromatic carbocycles. The Morgan fingerprint density at radius 1 is 1.39 bits per heavy atom. The lowest BCUT2D eigenvalue weighted by Crippen LogP contribution is -2.28. The summed E-state index contributed by atoms with van der Waals surface area (Å²) in [5.74, 6) is 0.738. The molecular weight excluding hydrogens is 292 g/mol. The molecule has 0 spiro atoms. The SMILES string of the molecule is CCc1cnc2c(NC(=O)OC(C)(C)C)nc(C(C)CC)cn12. The van der Waals surface area contributed by atoms with E-state index in [4.69, 9.17) is 4.74 Å². The fourth-order valence-corrected chi connectivity index (χ4v) is 2.25. The number of amides is 1. The molecule has 0 aliphatic heterocycles. The summed E-state index contributed by atoms with van der Waals surface area (Å²) in [5.41, 5.74) is 2.09. The molecule has 0 fully saturated rings. The summed E-state index contributed by atoms with van der Waals surface area (Å²) in [5, 5.41) is 2.74. The molecule has 1 unspecified atom stereocenters. The molecular formula is C17H26N4O2. The van der Waals surface area contributed by atoms with Crippen LogP contribution in [0, 0.1) is 0 Å². The van der Waals surface area contributed by atoms with Crippen molar-refractivity contribution in [2.45, 2.75) is 65.9 Å². The Bertz CT molecular complexity index is 700. The van der Waals surface area contributed by atoms with E-state index in [0.29, 0.717) is 17.4 Å². The van der Waals surface area contributed by atoms with Gasteiger partial charge in [0.05, 0.1) is 5.69 Å². The topological polar surface area (TPSA) is 68.5 Å². The first-order chi connectivity index (χ1) is 10.7. The molecule has 6 nitrogen and oxygen atoms in total. The number of nitrogens with zero attached hydrogens (tertiary/aromatic N) is 3. The predicted molar refractivity (Wildman–Crippen MR) is 90.9 cm³/mol. The van der Waals surface area contributed by atoms with E-state index in [-0.39, 0.29) is 0 Å². The van der Waals surface area contributed by atoms with Crippen molar-refractivity contribution in [3.63, 3.8) is 0 Å². The number of nitrogens with one attached hydrogen (secondary N) is 1. The first-order valence-corrected chi connectivity index (χ1v) is 8.12. The van der Waals surface area contributed by atoms with E-state index in [2.05, 4.69) is 36.1 Å². The van der Waals surface area contributed by atoms with Crippen LogP contribution in [0.2, 0.25) is 0 Å². The van der Waals surface area contributed by atoms with Crippen LogP contribution in [0.1, 0.15) is 65.3 Å². The molecule has 0 radical (unpaired) electrons. The third-order valence-electron chi connectivity index (χ3n) is 3.69. The molecule has 6 heteroatoms. The van der Waals surface area contributed by atoms with Crippen LogP contribution in [0.5, 0.6) is 0 Å². The smallest absolute Gasteiger partial charge is 0.413 e. The van der Waals surface area contributed by atoms with Gasteiger partial charge < -0.3 is 4.74 Å². The number of aryl methyl sites for hydroxylation is 1. The zero-order valence-electron chi connectivity index (χ0n) is 14.8. The van der Waals surface area contributed by atoms with Gasteiger partial charge in [-0.3, -0.25) is 9.72 Å². The number of carbonyl (C=O) groups excluding carboxylic acids is 1. The van der Waals surface area contributed by atoms with Crippen LogP contribution < -0.4 is 5.32 Å². The first-order valence-electron chi connectivity index (χ1n) is 8.12. The van der Waals surface area contributed by atoms with Gasteiger partial charge in [0.2, 0.25) is 0 Å². The van der Waals surface area contributed by atoms with Gasteiger partial charge in [-0.1, -0.05) is 20.8 Å². The number of imidazole rings is 1. The number of aromatic nitrogens is 3. The van der Waals surface area contributed by atoms with Gasteiger partial charge in [-0.05, 0) is 39.5 Å². The largest absolute Gasteiger partial charge is 0.444 e. The zero-order valence-corrected chi connectivity index (χ0v) is 14.8. The summed E-state index contributed by atoms with van der Waals surface area (Å²) in [6.07, 6.45) is 5.14. The highest BCUT2D eigenvalue weighted by Crippen LogP contribution is 2.23. The van der Waals surface area contributed by atoms with E-state index < -0.39 is 11.7 Å². The van der Waals surface area contributed by atoms with Crippen molar-refractivity contribution in [1.82, 2.24) is 14.4 Å². The Hall–Kier alpha value is -2.11. The van der Waals surface area contributed by atoms with Gasteiger partial charge in [0.1, 0.15) is 5.60 Å². The molecule has 1 amide bonds. The Labute approximate surface area is 137 Å². The van der Waals surface area contributed by atoms with Crippen molar-refractivity contribution >= 4 is 17.6 Å². The van der Waals surface area contributed by atoms with Gasteiger partial charge in [-0.25, -0.2) is 14.8 Å². The number of rotatable bonds is 4. The van der Waals surface area contributed by atoms with Crippen molar-refractivity contribution in [2.75, 3.05) is 5.32 Å². The fourth-order valence-electron chi connectivity index (χ4n) is 2.25. The second-order valence-corrected chi connectivity index (χ2v) is 6.75. The molecule has 1 atom stereocenters. The van der Waals surface area contributed by atoms with E-state index in [1.807, 2.05) is 37.6 Å². The Morgan fingerprint density at radius 3 is 2.65 bits per heavy atom. The highest BCUT2D eigenvalue weighted by atomic mass is 16.6. The van der Waals surface area contributed by atoms with Crippen LogP contribution in [0.15, 0.2) is 12.4 Å². The third kappa shape index (κ3) is 4.00. The number of hydrogen-bond donors (Lipinski definition) is 1. The van der Waals surface area contributed by atoms with Crippen LogP contribution in [-0.2, 0) is 11.2 Å². The number of anilines is 1. The molecule has 0 aliphatic carbocycles. The molecule has 0 bridgehead atoms. The minimum Gasteiger partial charge on any atom is -0.444 e. The van der Waals surface area contributed by atoms with E-state index in [0.717, 1.165) is 24.2 Å². The molecule has 0 saturated carbocycles. The van der Waals surface area contributed by atoms with Gasteiger partial charge >= 0.3 is 6.09 Å². The lowest BCUT2D eigenvalue weighted by atomic mass is 10.1. The van der Waals surface area contributed by atoms with Crippen LogP contribution >= 0.6 is 0 Å². The zero-order chi connectivity index (χ0) is 17.2. The Morgan fingerprint density at radius 2 is 2.09 bits per heavy atom. The summed E-state index contributed by atoms with van der Waals surface area (Å²) in [6.45, 7) is 11.8. The second kappa shape index (κ2) is 6.56. The molecule has 0 aliphatic rings. The highest BCUT2D eigenvalue weighted by Gasteiger charge is 2.20. The van der Waals surface area contributed by atoms with E-state index >= 15 is 0 Å². The number of ether oxygens (including phenoxy) is 1. The molecule has 2 aromatic heterocycles. The van der Waals surface area contributed by atoms with Crippen LogP contribution in [0.4, 0.5) is 10.6 Å². The molecule has 0 saturated heterocycles. The predicted octanol–water partition coefficient (Wildman–Crippen LogP) is 4.15. The van der Waals surface area contributed by atoms with Crippen molar-refractivity contribution in [3.8, 4) is 0 Å². The fraction of sp³-hybridized carbons (Fsp3) is 0.588. The van der Waals surface area contributed by atoms with E-state index in [9.17, 15) is 4.79 Å². The number of hydrogen-bond acceptors (Lipinski definition) is 4. The molecule has 1 N–H and O–H groups in total. The van der Waals surface area contributed by atoms with Crippen molar-refractivity contribution in [3.05, 3.63) is 23.8 Å². The summed E-state index contributed by atoms with van der Waals surface area (Å²) in [7, 11) is 0. The summed E-state index contributed by atoms with van der Waals surface area (Å²) < 4.78 is 7.32. The van der Waals surface area contributed by atoms with Gasteiger partial charge in [0.15, 0.2) is 11.5 Å². The summed E-state index contributed by atoms with van der Waals surface area (Å²) in [4.78, 5) is 21.1. The average molecular weight is 318 g/mol. The van der Waals surface area contributed by atoms with Crippen LogP contribution in [0.25, 0.3) is 5.65 Å². The van der Waals surface area contributed by atoms with E-state index in [1.165, 1.54) is 0 Å². The first kappa shape index (κ1) is 17.2. The summed E-state index contributed by atoms with van der Waals surface area (Å²) >= 11 is 0. The normalized spacial score (nSPS) is 13.1. The quantitative estimate of drug-likeness (QED) is 0.919. The maximum Gasteiger partial charge on any atom is 0.413 e. The van der Waals surface area contributed by atoms with Crippen molar-refractivity contribution in [1.29, 1.82) is 0 Å². The average Bonchev–Trinajstić information content (AvgIpc) is 2.87. The third-order valence-corrected chi connectivity index (χ3v) is 3.69. The molecule has 2 aromatic rings. The Kier molecular flexibility index (Phi) is 4.92. The monoisotopic (exact) mass is 318 g/mol. The van der Waals surface area contributed by atoms with E-state index in [1.54, 1.807) is 0 Å². The summed E-state index contributed by atoms with van der Waals surface area (Å²) in [6, 6.07) is 0. The number of carbonyl (C=O) groups is 1. The molecule has 2 rings (SSSR count). The minimum absolute atomic E-state index is 0.297. The van der Waals surface area contributed by atoms with Crippen LogP contribution in [0.3, 0.4) is 0 Å². The lowest BCUT2D eigenvalue weighted by molar-refractivity contribution is 0.0635. The van der Waals surface area contributed by atoms with Crippen LogP contribution in [-0.4, -0.2) is 26.1 Å². The maximum absolute atomic E-state index is 12.1. The maximum atomic E-state index is 12.1. The standard InChI is InChI=1S/C17H26N4O2/c1-7-11(3)13-10-21-12(8-2)9-18-15(21)14(19-13)20-16(22)23-17(4,5)6/h9-11H,7-8H2,1-6H3,(H,19,20,22). The van der Waals surface area contributed by atoms with Gasteiger partial charge in [0, 0.05) is 18.1 Å².